The lowest BCUT2D eigenvalue weighted by atomic mass is 10.1. The van der Waals surface area contributed by atoms with Crippen molar-refractivity contribution in [1.82, 2.24) is 10.3 Å². The van der Waals surface area contributed by atoms with Crippen LogP contribution in [-0.4, -0.2) is 12.1 Å². The molecule has 0 amide bonds. The maximum atomic E-state index is 6.24. The molecule has 3 nitrogen and oxygen atoms in total. The number of hydrogen-bond acceptors (Lipinski definition) is 3. The number of nitrogens with zero attached hydrogens (tertiary/aromatic N) is 1. The summed E-state index contributed by atoms with van der Waals surface area (Å²) in [6, 6.07) is 7.47. The normalized spacial score (nSPS) is 12.2. The average molecular weight is 346 g/mol. The molecule has 0 fully saturated rings. The molecule has 0 saturated carbocycles. The minimum atomic E-state index is 0.0337. The van der Waals surface area contributed by atoms with Crippen LogP contribution in [0.3, 0.4) is 0 Å². The monoisotopic (exact) mass is 344 g/mol. The zero-order valence-electron chi connectivity index (χ0n) is 11.7. The van der Waals surface area contributed by atoms with Crippen LogP contribution in [-0.2, 0) is 6.54 Å². The summed E-state index contributed by atoms with van der Waals surface area (Å²) in [5.41, 5.74) is 1.98. The Morgan fingerprint density at radius 1 is 1.19 bits per heavy atom. The molecule has 1 heterocycles. The molecular formula is C15H15Cl3N2O. The van der Waals surface area contributed by atoms with Gasteiger partial charge in [-0.25, -0.2) is 4.98 Å². The van der Waals surface area contributed by atoms with Crippen molar-refractivity contribution in [2.24, 2.45) is 0 Å². The van der Waals surface area contributed by atoms with Gasteiger partial charge in [-0.3, -0.25) is 0 Å². The molecule has 1 aromatic heterocycles. The molecule has 1 unspecified atom stereocenters. The second-order valence-corrected chi connectivity index (χ2v) is 5.74. The summed E-state index contributed by atoms with van der Waals surface area (Å²) in [5.74, 6) is 0.592. The van der Waals surface area contributed by atoms with E-state index in [0.717, 1.165) is 11.1 Å². The van der Waals surface area contributed by atoms with Crippen molar-refractivity contribution < 1.29 is 4.74 Å². The number of aromatic nitrogens is 1. The topological polar surface area (TPSA) is 34.1 Å². The number of nitrogens with one attached hydrogen (secondary N) is 1. The summed E-state index contributed by atoms with van der Waals surface area (Å²) >= 11 is 18.2. The highest BCUT2D eigenvalue weighted by Gasteiger charge is 2.14. The van der Waals surface area contributed by atoms with Crippen molar-refractivity contribution in [3.8, 4) is 5.88 Å². The minimum Gasteiger partial charge on any atom is -0.481 e. The van der Waals surface area contributed by atoms with Gasteiger partial charge in [0.05, 0.1) is 22.2 Å². The Morgan fingerprint density at radius 3 is 2.67 bits per heavy atom. The molecule has 0 spiro atoms. The molecule has 0 aliphatic heterocycles. The number of hydrogen-bond donors (Lipinski definition) is 1. The first-order chi connectivity index (χ1) is 10.0. The van der Waals surface area contributed by atoms with Gasteiger partial charge in [0.15, 0.2) is 0 Å². The molecule has 0 aliphatic rings. The molecule has 0 saturated heterocycles. The van der Waals surface area contributed by atoms with Gasteiger partial charge in [0.2, 0.25) is 5.88 Å². The van der Waals surface area contributed by atoms with Crippen LogP contribution in [0.25, 0.3) is 0 Å². The van der Waals surface area contributed by atoms with Crippen molar-refractivity contribution in [2.45, 2.75) is 19.5 Å². The lowest BCUT2D eigenvalue weighted by Gasteiger charge is -2.17. The van der Waals surface area contributed by atoms with E-state index < -0.39 is 0 Å². The van der Waals surface area contributed by atoms with Crippen LogP contribution in [0, 0.1) is 0 Å². The standard InChI is InChI=1S/C15H15Cl3N2O/c1-9(11-3-4-12(16)15(18)14(11)17)20-8-10-5-6-19-13(7-10)21-2/h3-7,9,20H,8H2,1-2H3. The predicted octanol–water partition coefficient (Wildman–Crippen LogP) is 4.90. The highest BCUT2D eigenvalue weighted by molar-refractivity contribution is 6.48. The lowest BCUT2D eigenvalue weighted by molar-refractivity contribution is 0.397. The zero-order chi connectivity index (χ0) is 15.4. The van der Waals surface area contributed by atoms with E-state index in [2.05, 4.69) is 10.3 Å². The van der Waals surface area contributed by atoms with E-state index in [-0.39, 0.29) is 6.04 Å². The third-order valence-electron chi connectivity index (χ3n) is 3.15. The fraction of sp³-hybridized carbons (Fsp3) is 0.267. The Labute approximate surface area is 139 Å². The Hall–Kier alpha value is -1.00. The Kier molecular flexibility index (Phi) is 5.71. The summed E-state index contributed by atoms with van der Waals surface area (Å²) < 4.78 is 5.10. The quantitative estimate of drug-likeness (QED) is 0.783. The molecule has 21 heavy (non-hydrogen) atoms. The number of ether oxygens (including phenoxy) is 1. The molecule has 1 atom stereocenters. The fourth-order valence-corrected chi connectivity index (χ4v) is 2.63. The van der Waals surface area contributed by atoms with Gasteiger partial charge >= 0.3 is 0 Å². The van der Waals surface area contributed by atoms with Crippen LogP contribution < -0.4 is 10.1 Å². The van der Waals surface area contributed by atoms with E-state index in [1.54, 1.807) is 19.4 Å². The van der Waals surface area contributed by atoms with E-state index in [0.29, 0.717) is 27.5 Å². The summed E-state index contributed by atoms with van der Waals surface area (Å²) in [6.45, 7) is 2.68. The van der Waals surface area contributed by atoms with Crippen LogP contribution in [0.2, 0.25) is 15.1 Å². The maximum absolute atomic E-state index is 6.24. The van der Waals surface area contributed by atoms with E-state index in [1.807, 2.05) is 25.1 Å². The van der Waals surface area contributed by atoms with Crippen molar-refractivity contribution in [2.75, 3.05) is 7.11 Å². The van der Waals surface area contributed by atoms with Gasteiger partial charge in [-0.1, -0.05) is 40.9 Å². The molecular weight excluding hydrogens is 331 g/mol. The van der Waals surface area contributed by atoms with E-state index >= 15 is 0 Å². The molecule has 1 N–H and O–H groups in total. The molecule has 0 radical (unpaired) electrons. The minimum absolute atomic E-state index is 0.0337. The Bertz CT molecular complexity index is 634. The van der Waals surface area contributed by atoms with Gasteiger partial charge in [0.1, 0.15) is 0 Å². The third kappa shape index (κ3) is 4.01. The van der Waals surface area contributed by atoms with E-state index in [1.165, 1.54) is 0 Å². The van der Waals surface area contributed by atoms with Crippen LogP contribution in [0.5, 0.6) is 5.88 Å². The average Bonchev–Trinajstić information content (AvgIpc) is 2.50. The van der Waals surface area contributed by atoms with Crippen LogP contribution in [0.4, 0.5) is 0 Å². The number of methoxy groups -OCH3 is 1. The molecule has 6 heteroatoms. The van der Waals surface area contributed by atoms with Crippen LogP contribution >= 0.6 is 34.8 Å². The van der Waals surface area contributed by atoms with E-state index in [9.17, 15) is 0 Å². The number of pyridine rings is 1. The first kappa shape index (κ1) is 16.4. The lowest BCUT2D eigenvalue weighted by Crippen LogP contribution is -2.18. The molecule has 2 rings (SSSR count). The largest absolute Gasteiger partial charge is 0.481 e. The maximum Gasteiger partial charge on any atom is 0.213 e. The second kappa shape index (κ2) is 7.32. The zero-order valence-corrected chi connectivity index (χ0v) is 13.9. The SMILES string of the molecule is COc1cc(CNC(C)c2ccc(Cl)c(Cl)c2Cl)ccn1. The van der Waals surface area contributed by atoms with Crippen molar-refractivity contribution >= 4 is 34.8 Å². The predicted molar refractivity (Wildman–Crippen MR) is 87.5 cm³/mol. The van der Waals surface area contributed by atoms with Gasteiger partial charge in [0, 0.05) is 24.8 Å². The second-order valence-electron chi connectivity index (χ2n) is 4.57. The van der Waals surface area contributed by atoms with Gasteiger partial charge in [-0.15, -0.1) is 0 Å². The van der Waals surface area contributed by atoms with E-state index in [4.69, 9.17) is 39.5 Å². The van der Waals surface area contributed by atoms with Crippen LogP contribution in [0.1, 0.15) is 24.1 Å². The van der Waals surface area contributed by atoms with Gasteiger partial charge in [-0.2, -0.15) is 0 Å². The van der Waals surface area contributed by atoms with Crippen LogP contribution in [0.15, 0.2) is 30.5 Å². The summed E-state index contributed by atoms with van der Waals surface area (Å²) in [7, 11) is 1.59. The first-order valence-electron chi connectivity index (χ1n) is 6.38. The number of benzene rings is 1. The highest BCUT2D eigenvalue weighted by atomic mass is 35.5. The van der Waals surface area contributed by atoms with Crippen molar-refractivity contribution in [3.63, 3.8) is 0 Å². The molecule has 112 valence electrons. The molecule has 2 aromatic rings. The highest BCUT2D eigenvalue weighted by Crippen LogP contribution is 2.35. The van der Waals surface area contributed by atoms with Gasteiger partial charge in [0.25, 0.3) is 0 Å². The Morgan fingerprint density at radius 2 is 1.95 bits per heavy atom. The van der Waals surface area contributed by atoms with Crippen molar-refractivity contribution in [1.29, 1.82) is 0 Å². The third-order valence-corrected chi connectivity index (χ3v) is 4.46. The fourth-order valence-electron chi connectivity index (χ4n) is 1.93. The van der Waals surface area contributed by atoms with Gasteiger partial charge in [-0.05, 0) is 30.2 Å². The molecule has 0 aliphatic carbocycles. The smallest absolute Gasteiger partial charge is 0.213 e. The number of halogens is 3. The summed E-state index contributed by atoms with van der Waals surface area (Å²) in [6.07, 6.45) is 1.71. The molecule has 0 bridgehead atoms. The summed E-state index contributed by atoms with van der Waals surface area (Å²) in [4.78, 5) is 4.08. The number of rotatable bonds is 5. The van der Waals surface area contributed by atoms with Crippen molar-refractivity contribution in [3.05, 3.63) is 56.7 Å². The van der Waals surface area contributed by atoms with Gasteiger partial charge < -0.3 is 10.1 Å². The Balaban J connectivity index is 2.08. The first-order valence-corrected chi connectivity index (χ1v) is 7.52. The summed E-state index contributed by atoms with van der Waals surface area (Å²) in [5, 5.41) is 4.71. The molecule has 1 aromatic carbocycles.